The van der Waals surface area contributed by atoms with E-state index in [-0.39, 0.29) is 5.91 Å². The Labute approximate surface area is 170 Å². The summed E-state index contributed by atoms with van der Waals surface area (Å²) in [6.45, 7) is 5.98. The van der Waals surface area contributed by atoms with E-state index < -0.39 is 0 Å². The normalized spacial score (nSPS) is 10.2. The minimum atomic E-state index is -0.267. The second kappa shape index (κ2) is 8.97. The first-order chi connectivity index (χ1) is 14.2. The summed E-state index contributed by atoms with van der Waals surface area (Å²) < 4.78 is 1.61. The van der Waals surface area contributed by atoms with Crippen LogP contribution in [0.5, 0.6) is 0 Å². The van der Waals surface area contributed by atoms with Gasteiger partial charge in [0.15, 0.2) is 6.29 Å². The van der Waals surface area contributed by atoms with Gasteiger partial charge in [0.1, 0.15) is 11.3 Å². The monoisotopic (exact) mass is 385 g/mol. The summed E-state index contributed by atoms with van der Waals surface area (Å²) in [6.07, 6.45) is 3.89. The number of imidazole rings is 1. The van der Waals surface area contributed by atoms with E-state index in [1.54, 1.807) is 22.7 Å². The standard InChI is InChI=1S/C22H17N3O2.C2H6/c1-15-18(16-7-3-2-4-8-16)9-5-11-20(15)24-22(27)19-10-6-12-25-17(14-26)13-23-21(19)25;1-2/h2-14H,1H3,(H,24,27);1-2H3. The number of hydrogen-bond donors (Lipinski definition) is 1. The fraction of sp³-hybridized carbons (Fsp3) is 0.125. The van der Waals surface area contributed by atoms with Crippen molar-refractivity contribution in [1.82, 2.24) is 9.38 Å². The van der Waals surface area contributed by atoms with E-state index in [1.165, 1.54) is 6.20 Å². The molecular weight excluding hydrogens is 362 g/mol. The highest BCUT2D eigenvalue weighted by Gasteiger charge is 2.15. The molecular formula is C24H23N3O2. The van der Waals surface area contributed by atoms with Gasteiger partial charge in [-0.15, -0.1) is 0 Å². The van der Waals surface area contributed by atoms with E-state index in [1.807, 2.05) is 69.3 Å². The number of hydrogen-bond acceptors (Lipinski definition) is 3. The van der Waals surface area contributed by atoms with Crippen molar-refractivity contribution in [3.05, 3.63) is 89.9 Å². The molecule has 0 atom stereocenters. The molecule has 1 N–H and O–H groups in total. The van der Waals surface area contributed by atoms with Crippen molar-refractivity contribution < 1.29 is 9.59 Å². The highest BCUT2D eigenvalue weighted by Crippen LogP contribution is 2.28. The lowest BCUT2D eigenvalue weighted by atomic mass is 9.99. The third kappa shape index (κ3) is 3.94. The Morgan fingerprint density at radius 2 is 1.76 bits per heavy atom. The Hall–Kier alpha value is -3.73. The van der Waals surface area contributed by atoms with Crippen molar-refractivity contribution in [3.8, 4) is 11.1 Å². The molecule has 146 valence electrons. The van der Waals surface area contributed by atoms with Crippen LogP contribution in [0.25, 0.3) is 16.8 Å². The number of pyridine rings is 1. The molecule has 0 spiro atoms. The van der Waals surface area contributed by atoms with Gasteiger partial charge in [-0.3, -0.25) is 14.0 Å². The van der Waals surface area contributed by atoms with E-state index in [0.29, 0.717) is 16.9 Å². The van der Waals surface area contributed by atoms with Crippen LogP contribution in [0, 0.1) is 6.92 Å². The topological polar surface area (TPSA) is 63.5 Å². The van der Waals surface area contributed by atoms with Gasteiger partial charge < -0.3 is 5.32 Å². The van der Waals surface area contributed by atoms with Crippen molar-refractivity contribution in [3.63, 3.8) is 0 Å². The lowest BCUT2D eigenvalue weighted by Crippen LogP contribution is -2.14. The lowest BCUT2D eigenvalue weighted by molar-refractivity contribution is 0.102. The van der Waals surface area contributed by atoms with E-state index in [2.05, 4.69) is 10.3 Å². The molecule has 0 aliphatic heterocycles. The molecule has 29 heavy (non-hydrogen) atoms. The molecule has 0 fully saturated rings. The first-order valence-electron chi connectivity index (χ1n) is 9.56. The van der Waals surface area contributed by atoms with Crippen LogP contribution in [0.4, 0.5) is 5.69 Å². The minimum absolute atomic E-state index is 0.267. The molecule has 0 aliphatic rings. The molecule has 2 aromatic heterocycles. The van der Waals surface area contributed by atoms with Gasteiger partial charge in [0.25, 0.3) is 5.91 Å². The lowest BCUT2D eigenvalue weighted by Gasteiger charge is -2.13. The quantitative estimate of drug-likeness (QED) is 0.478. The molecule has 4 aromatic rings. The predicted octanol–water partition coefficient (Wildman–Crippen LogP) is 5.40. The Balaban J connectivity index is 0.00000117. The number of anilines is 1. The maximum atomic E-state index is 12.9. The molecule has 2 heterocycles. The van der Waals surface area contributed by atoms with Gasteiger partial charge in [-0.2, -0.15) is 0 Å². The van der Waals surface area contributed by atoms with Gasteiger partial charge in [0.2, 0.25) is 0 Å². The summed E-state index contributed by atoms with van der Waals surface area (Å²) in [5.41, 5.74) is 5.16. The summed E-state index contributed by atoms with van der Waals surface area (Å²) >= 11 is 0. The molecule has 5 heteroatoms. The Kier molecular flexibility index (Phi) is 6.19. The average molecular weight is 385 g/mol. The minimum Gasteiger partial charge on any atom is -0.322 e. The zero-order chi connectivity index (χ0) is 20.8. The third-order valence-corrected chi connectivity index (χ3v) is 4.60. The SMILES string of the molecule is CC.Cc1c(NC(=O)c2cccn3c(C=O)cnc23)cccc1-c1ccccc1. The number of amides is 1. The van der Waals surface area contributed by atoms with Crippen LogP contribution in [0.2, 0.25) is 0 Å². The molecule has 0 aliphatic carbocycles. The van der Waals surface area contributed by atoms with E-state index in [0.717, 1.165) is 28.7 Å². The zero-order valence-electron chi connectivity index (χ0n) is 16.7. The maximum Gasteiger partial charge on any atom is 0.259 e. The number of nitrogens with zero attached hydrogens (tertiary/aromatic N) is 2. The molecule has 4 rings (SSSR count). The fourth-order valence-corrected chi connectivity index (χ4v) is 3.19. The summed E-state index contributed by atoms with van der Waals surface area (Å²) in [4.78, 5) is 28.2. The Morgan fingerprint density at radius 3 is 2.48 bits per heavy atom. The van der Waals surface area contributed by atoms with Crippen LogP contribution in [-0.4, -0.2) is 21.6 Å². The van der Waals surface area contributed by atoms with Crippen molar-refractivity contribution in [1.29, 1.82) is 0 Å². The van der Waals surface area contributed by atoms with Crippen molar-refractivity contribution in [2.75, 3.05) is 5.32 Å². The second-order valence-electron chi connectivity index (χ2n) is 6.21. The zero-order valence-corrected chi connectivity index (χ0v) is 16.7. The number of carbonyl (C=O) groups excluding carboxylic acids is 2. The van der Waals surface area contributed by atoms with Crippen LogP contribution in [-0.2, 0) is 0 Å². The molecule has 5 nitrogen and oxygen atoms in total. The van der Waals surface area contributed by atoms with Gasteiger partial charge >= 0.3 is 0 Å². The molecule has 1 amide bonds. The highest BCUT2D eigenvalue weighted by molar-refractivity contribution is 6.09. The first-order valence-corrected chi connectivity index (χ1v) is 9.56. The first kappa shape index (κ1) is 20.0. The van der Waals surface area contributed by atoms with E-state index in [9.17, 15) is 9.59 Å². The Morgan fingerprint density at radius 1 is 1.00 bits per heavy atom. The van der Waals surface area contributed by atoms with Crippen LogP contribution in [0.1, 0.15) is 40.3 Å². The number of aldehydes is 1. The molecule has 0 saturated heterocycles. The predicted molar refractivity (Wildman–Crippen MR) is 116 cm³/mol. The number of fused-ring (bicyclic) bond motifs is 1. The van der Waals surface area contributed by atoms with Crippen molar-refractivity contribution in [2.45, 2.75) is 20.8 Å². The van der Waals surface area contributed by atoms with Gasteiger partial charge in [0, 0.05) is 11.9 Å². The number of nitrogens with one attached hydrogen (secondary N) is 1. The summed E-state index contributed by atoms with van der Waals surface area (Å²) in [5.74, 6) is -0.267. The van der Waals surface area contributed by atoms with Crippen LogP contribution in [0.15, 0.2) is 73.1 Å². The van der Waals surface area contributed by atoms with Gasteiger partial charge in [0.05, 0.1) is 11.8 Å². The number of carbonyl (C=O) groups is 2. The highest BCUT2D eigenvalue weighted by atomic mass is 16.1. The van der Waals surface area contributed by atoms with Gasteiger partial charge in [-0.1, -0.05) is 56.3 Å². The van der Waals surface area contributed by atoms with Crippen LogP contribution < -0.4 is 5.32 Å². The van der Waals surface area contributed by atoms with Gasteiger partial charge in [-0.05, 0) is 41.8 Å². The number of benzene rings is 2. The van der Waals surface area contributed by atoms with Crippen molar-refractivity contribution in [2.24, 2.45) is 0 Å². The van der Waals surface area contributed by atoms with Gasteiger partial charge in [-0.25, -0.2) is 4.98 Å². The smallest absolute Gasteiger partial charge is 0.259 e. The van der Waals surface area contributed by atoms with Crippen LogP contribution in [0.3, 0.4) is 0 Å². The average Bonchev–Trinajstić information content (AvgIpc) is 3.20. The number of rotatable bonds is 4. The third-order valence-electron chi connectivity index (χ3n) is 4.60. The van der Waals surface area contributed by atoms with E-state index >= 15 is 0 Å². The fourth-order valence-electron chi connectivity index (χ4n) is 3.19. The molecule has 0 radical (unpaired) electrons. The second-order valence-corrected chi connectivity index (χ2v) is 6.21. The van der Waals surface area contributed by atoms with Crippen LogP contribution >= 0.6 is 0 Å². The Bertz CT molecular complexity index is 1150. The molecule has 2 aromatic carbocycles. The largest absolute Gasteiger partial charge is 0.322 e. The van der Waals surface area contributed by atoms with E-state index in [4.69, 9.17) is 0 Å². The summed E-state index contributed by atoms with van der Waals surface area (Å²) in [6, 6.07) is 19.3. The maximum absolute atomic E-state index is 12.9. The summed E-state index contributed by atoms with van der Waals surface area (Å²) in [7, 11) is 0. The molecule has 0 saturated carbocycles. The van der Waals surface area contributed by atoms with Crippen molar-refractivity contribution >= 4 is 23.5 Å². The number of aromatic nitrogens is 2. The summed E-state index contributed by atoms with van der Waals surface area (Å²) in [5, 5.41) is 2.98. The molecule has 0 unspecified atom stereocenters. The molecule has 0 bridgehead atoms.